The number of benzene rings is 1. The molecule has 0 aliphatic heterocycles. The zero-order chi connectivity index (χ0) is 17.0. The fourth-order valence-corrected chi connectivity index (χ4v) is 3.95. The number of thiazole rings is 1. The van der Waals surface area contributed by atoms with Crippen LogP contribution in [0.25, 0.3) is 0 Å². The zero-order valence-electron chi connectivity index (χ0n) is 13.5. The second-order valence-corrected chi connectivity index (χ2v) is 6.76. The lowest BCUT2D eigenvalue weighted by Crippen LogP contribution is -2.45. The minimum Gasteiger partial charge on any atom is -0.355 e. The van der Waals surface area contributed by atoms with Crippen molar-refractivity contribution < 1.29 is 9.59 Å². The first-order chi connectivity index (χ1) is 11.6. The lowest BCUT2D eigenvalue weighted by Gasteiger charge is -2.28. The molecule has 0 unspecified atom stereocenters. The normalized spacial score (nSPS) is 15.7. The van der Waals surface area contributed by atoms with Crippen molar-refractivity contribution in [2.24, 2.45) is 0 Å². The predicted molar refractivity (Wildman–Crippen MR) is 94.2 cm³/mol. The summed E-state index contributed by atoms with van der Waals surface area (Å²) in [6.07, 6.45) is 5.71. The van der Waals surface area contributed by atoms with Crippen molar-refractivity contribution in [3.8, 4) is 0 Å². The van der Waals surface area contributed by atoms with Gasteiger partial charge in [0.05, 0.1) is 5.54 Å². The maximum Gasteiger partial charge on any atom is 0.320 e. The standard InChI is InChI=1S/C17H20N4O2S/c1-18-14(22)12-5-4-6-13(11-12)20-16(23)21-17(7-2-3-8-17)15-19-9-10-24-15/h4-6,9-11H,2-3,7-8H2,1H3,(H,18,22)(H2,20,21,23). The van der Waals surface area contributed by atoms with Crippen LogP contribution in [0, 0.1) is 0 Å². The smallest absolute Gasteiger partial charge is 0.320 e. The first kappa shape index (κ1) is 16.4. The van der Waals surface area contributed by atoms with Gasteiger partial charge in [-0.15, -0.1) is 11.3 Å². The molecule has 0 saturated heterocycles. The lowest BCUT2D eigenvalue weighted by molar-refractivity contribution is 0.0963. The van der Waals surface area contributed by atoms with E-state index in [0.29, 0.717) is 11.3 Å². The molecule has 1 aromatic carbocycles. The van der Waals surface area contributed by atoms with E-state index in [4.69, 9.17) is 0 Å². The Kier molecular flexibility index (Phi) is 4.80. The number of carbonyl (C=O) groups is 2. The highest BCUT2D eigenvalue weighted by molar-refractivity contribution is 7.09. The molecule has 1 heterocycles. The fourth-order valence-electron chi connectivity index (χ4n) is 3.09. The SMILES string of the molecule is CNC(=O)c1cccc(NC(=O)NC2(c3nccs3)CCCC2)c1. The van der Waals surface area contributed by atoms with Crippen LogP contribution >= 0.6 is 11.3 Å². The molecule has 1 aromatic heterocycles. The van der Waals surface area contributed by atoms with E-state index >= 15 is 0 Å². The fraction of sp³-hybridized carbons (Fsp3) is 0.353. The number of aromatic nitrogens is 1. The monoisotopic (exact) mass is 344 g/mol. The van der Waals surface area contributed by atoms with Crippen molar-refractivity contribution in [3.05, 3.63) is 46.4 Å². The van der Waals surface area contributed by atoms with Crippen molar-refractivity contribution in [2.75, 3.05) is 12.4 Å². The van der Waals surface area contributed by atoms with Gasteiger partial charge in [0.25, 0.3) is 5.91 Å². The Hall–Kier alpha value is -2.41. The average molecular weight is 344 g/mol. The van der Waals surface area contributed by atoms with Crippen LogP contribution in [0.4, 0.5) is 10.5 Å². The van der Waals surface area contributed by atoms with Gasteiger partial charge in [0, 0.05) is 29.9 Å². The number of nitrogens with one attached hydrogen (secondary N) is 3. The highest BCUT2D eigenvalue weighted by atomic mass is 32.1. The molecule has 126 valence electrons. The minimum absolute atomic E-state index is 0.186. The molecule has 2 aromatic rings. The Morgan fingerprint density at radius 1 is 1.25 bits per heavy atom. The molecule has 3 amide bonds. The zero-order valence-corrected chi connectivity index (χ0v) is 14.3. The molecular formula is C17H20N4O2S. The van der Waals surface area contributed by atoms with E-state index < -0.39 is 0 Å². The van der Waals surface area contributed by atoms with Crippen LogP contribution < -0.4 is 16.0 Å². The van der Waals surface area contributed by atoms with Gasteiger partial charge in [-0.3, -0.25) is 4.79 Å². The number of amides is 3. The summed E-state index contributed by atoms with van der Waals surface area (Å²) in [5.41, 5.74) is 0.711. The predicted octanol–water partition coefficient (Wildman–Crippen LogP) is 3.09. The van der Waals surface area contributed by atoms with E-state index in [0.717, 1.165) is 30.7 Å². The van der Waals surface area contributed by atoms with Gasteiger partial charge in [0.2, 0.25) is 0 Å². The van der Waals surface area contributed by atoms with Gasteiger partial charge < -0.3 is 16.0 Å². The molecule has 0 radical (unpaired) electrons. The summed E-state index contributed by atoms with van der Waals surface area (Å²) < 4.78 is 0. The van der Waals surface area contributed by atoms with Crippen LogP contribution in [0.1, 0.15) is 41.0 Å². The van der Waals surface area contributed by atoms with Gasteiger partial charge in [-0.05, 0) is 31.0 Å². The summed E-state index contributed by atoms with van der Waals surface area (Å²) in [6.45, 7) is 0. The molecule has 7 heteroatoms. The summed E-state index contributed by atoms with van der Waals surface area (Å²) >= 11 is 1.57. The Labute approximate surface area is 144 Å². The third-order valence-corrected chi connectivity index (χ3v) is 5.24. The largest absolute Gasteiger partial charge is 0.355 e. The molecule has 6 nitrogen and oxygen atoms in total. The number of urea groups is 1. The summed E-state index contributed by atoms with van der Waals surface area (Å²) in [4.78, 5) is 28.6. The molecule has 3 rings (SSSR count). The molecule has 1 saturated carbocycles. The summed E-state index contributed by atoms with van der Waals surface area (Å²) in [5.74, 6) is -0.186. The van der Waals surface area contributed by atoms with Crippen molar-refractivity contribution >= 4 is 29.0 Å². The van der Waals surface area contributed by atoms with Gasteiger partial charge in [-0.1, -0.05) is 18.9 Å². The number of anilines is 1. The highest BCUT2D eigenvalue weighted by Crippen LogP contribution is 2.39. The second-order valence-electron chi connectivity index (χ2n) is 5.87. The minimum atomic E-state index is -0.378. The molecule has 1 fully saturated rings. The van der Waals surface area contributed by atoms with Gasteiger partial charge in [0.15, 0.2) is 0 Å². The molecule has 1 aliphatic rings. The van der Waals surface area contributed by atoms with Crippen LogP contribution in [0.2, 0.25) is 0 Å². The van der Waals surface area contributed by atoms with Gasteiger partial charge >= 0.3 is 6.03 Å². The highest BCUT2D eigenvalue weighted by Gasteiger charge is 2.39. The topological polar surface area (TPSA) is 83.1 Å². The maximum absolute atomic E-state index is 12.5. The third kappa shape index (κ3) is 3.41. The number of carbonyl (C=O) groups excluding carboxylic acids is 2. The summed E-state index contributed by atoms with van der Waals surface area (Å²) in [7, 11) is 1.58. The average Bonchev–Trinajstić information content (AvgIpc) is 3.26. The van der Waals surface area contributed by atoms with E-state index in [1.54, 1.807) is 48.8 Å². The van der Waals surface area contributed by atoms with Crippen LogP contribution in [0.5, 0.6) is 0 Å². The van der Waals surface area contributed by atoms with Gasteiger partial charge in [-0.2, -0.15) is 0 Å². The number of rotatable bonds is 4. The molecule has 24 heavy (non-hydrogen) atoms. The van der Waals surface area contributed by atoms with E-state index in [9.17, 15) is 9.59 Å². The first-order valence-corrected chi connectivity index (χ1v) is 8.82. The first-order valence-electron chi connectivity index (χ1n) is 7.94. The summed E-state index contributed by atoms with van der Waals surface area (Å²) in [6, 6.07) is 6.59. The van der Waals surface area contributed by atoms with Crippen LogP contribution in [0.3, 0.4) is 0 Å². The molecule has 0 atom stereocenters. The van der Waals surface area contributed by atoms with Crippen molar-refractivity contribution in [1.29, 1.82) is 0 Å². The maximum atomic E-state index is 12.5. The Balaban J connectivity index is 1.72. The number of nitrogens with zero attached hydrogens (tertiary/aromatic N) is 1. The van der Waals surface area contributed by atoms with Crippen LogP contribution in [-0.2, 0) is 5.54 Å². The number of hydrogen-bond donors (Lipinski definition) is 3. The number of hydrogen-bond acceptors (Lipinski definition) is 4. The molecule has 0 bridgehead atoms. The lowest BCUT2D eigenvalue weighted by atomic mass is 9.99. The molecule has 0 spiro atoms. The van der Waals surface area contributed by atoms with Crippen molar-refractivity contribution in [3.63, 3.8) is 0 Å². The van der Waals surface area contributed by atoms with E-state index in [1.807, 2.05) is 5.38 Å². The second kappa shape index (κ2) is 7.00. The van der Waals surface area contributed by atoms with E-state index in [-0.39, 0.29) is 17.5 Å². The van der Waals surface area contributed by atoms with E-state index in [2.05, 4.69) is 20.9 Å². The molecule has 1 aliphatic carbocycles. The Morgan fingerprint density at radius 2 is 2.04 bits per heavy atom. The van der Waals surface area contributed by atoms with Gasteiger partial charge in [-0.25, -0.2) is 9.78 Å². The Morgan fingerprint density at radius 3 is 2.71 bits per heavy atom. The molecular weight excluding hydrogens is 324 g/mol. The van der Waals surface area contributed by atoms with Crippen molar-refractivity contribution in [2.45, 2.75) is 31.2 Å². The van der Waals surface area contributed by atoms with E-state index in [1.165, 1.54) is 0 Å². The van der Waals surface area contributed by atoms with Crippen molar-refractivity contribution in [1.82, 2.24) is 15.6 Å². The quantitative estimate of drug-likeness (QED) is 0.797. The Bertz CT molecular complexity index is 724. The molecule has 3 N–H and O–H groups in total. The van der Waals surface area contributed by atoms with Gasteiger partial charge in [0.1, 0.15) is 5.01 Å². The summed E-state index contributed by atoms with van der Waals surface area (Å²) in [5, 5.41) is 11.4. The van der Waals surface area contributed by atoms with Crippen LogP contribution in [-0.4, -0.2) is 24.0 Å². The third-order valence-electron chi connectivity index (χ3n) is 4.26. The van der Waals surface area contributed by atoms with Crippen LogP contribution in [0.15, 0.2) is 35.8 Å².